The van der Waals surface area contributed by atoms with Crippen LogP contribution >= 0.6 is 11.6 Å². The van der Waals surface area contributed by atoms with Crippen molar-refractivity contribution in [2.75, 3.05) is 5.32 Å². The Morgan fingerprint density at radius 2 is 1.88 bits per heavy atom. The van der Waals surface area contributed by atoms with Crippen LogP contribution in [0.15, 0.2) is 72.9 Å². The van der Waals surface area contributed by atoms with Gasteiger partial charge in [0.1, 0.15) is 6.07 Å². The summed E-state index contributed by atoms with van der Waals surface area (Å²) in [5.74, 6) is -0.229. The van der Waals surface area contributed by atoms with E-state index in [-0.39, 0.29) is 5.91 Å². The summed E-state index contributed by atoms with van der Waals surface area (Å²) in [6.45, 7) is 0. The summed E-state index contributed by atoms with van der Waals surface area (Å²) in [5, 5.41) is 12.8. The molecular formula is C21H14ClN3O. The highest BCUT2D eigenvalue weighted by atomic mass is 35.5. The fraction of sp³-hybridized carbons (Fsp3) is 0. The van der Waals surface area contributed by atoms with Crippen LogP contribution in [0.3, 0.4) is 0 Å². The van der Waals surface area contributed by atoms with Gasteiger partial charge < -0.3 is 5.32 Å². The molecular weight excluding hydrogens is 346 g/mol. The second-order valence-electron chi connectivity index (χ2n) is 5.47. The second kappa shape index (κ2) is 8.11. The smallest absolute Gasteiger partial charge is 0.255 e. The molecule has 0 unspecified atom stereocenters. The van der Waals surface area contributed by atoms with Gasteiger partial charge in [-0.15, -0.1) is 0 Å². The summed E-state index contributed by atoms with van der Waals surface area (Å²) in [7, 11) is 0. The van der Waals surface area contributed by atoms with E-state index in [1.54, 1.807) is 60.8 Å². The number of halogens is 1. The SMILES string of the molecule is N#C/C(=C\c1cccc(NC(=O)c2ccc(Cl)cc2)c1)c1ccccn1. The number of rotatable bonds is 4. The Balaban J connectivity index is 1.82. The number of carbonyl (C=O) groups is 1. The average Bonchev–Trinajstić information content (AvgIpc) is 2.67. The van der Waals surface area contributed by atoms with Crippen molar-refractivity contribution in [1.82, 2.24) is 4.98 Å². The molecule has 1 aromatic heterocycles. The normalized spacial score (nSPS) is 10.8. The van der Waals surface area contributed by atoms with Crippen molar-refractivity contribution in [3.8, 4) is 6.07 Å². The molecule has 126 valence electrons. The van der Waals surface area contributed by atoms with Gasteiger partial charge in [0.05, 0.1) is 11.3 Å². The van der Waals surface area contributed by atoms with Gasteiger partial charge in [-0.2, -0.15) is 5.26 Å². The van der Waals surface area contributed by atoms with Crippen LogP contribution in [0.25, 0.3) is 11.6 Å². The van der Waals surface area contributed by atoms with Crippen LogP contribution in [0.5, 0.6) is 0 Å². The molecule has 1 N–H and O–H groups in total. The molecule has 1 amide bonds. The average molecular weight is 360 g/mol. The highest BCUT2D eigenvalue weighted by Crippen LogP contribution is 2.19. The van der Waals surface area contributed by atoms with Crippen LogP contribution in [0, 0.1) is 11.3 Å². The molecule has 0 aliphatic carbocycles. The molecule has 3 aromatic rings. The number of carbonyl (C=O) groups excluding carboxylic acids is 1. The standard InChI is InChI=1S/C21H14ClN3O/c22-18-9-7-16(8-10-18)21(26)25-19-5-3-4-15(13-19)12-17(14-23)20-6-1-2-11-24-20/h1-13H,(H,25,26)/b17-12+. The fourth-order valence-electron chi connectivity index (χ4n) is 2.36. The zero-order valence-corrected chi connectivity index (χ0v) is 14.4. The van der Waals surface area contributed by atoms with Gasteiger partial charge in [-0.3, -0.25) is 9.78 Å². The molecule has 0 aliphatic rings. The molecule has 0 saturated heterocycles. The number of aromatic nitrogens is 1. The Hall–Kier alpha value is -3.42. The maximum atomic E-state index is 12.3. The van der Waals surface area contributed by atoms with Gasteiger partial charge in [0.15, 0.2) is 0 Å². The quantitative estimate of drug-likeness (QED) is 0.663. The number of hydrogen-bond donors (Lipinski definition) is 1. The first kappa shape index (κ1) is 17.4. The number of pyridine rings is 1. The third-order valence-electron chi connectivity index (χ3n) is 3.62. The van der Waals surface area contributed by atoms with Crippen LogP contribution in [0.2, 0.25) is 5.02 Å². The van der Waals surface area contributed by atoms with Gasteiger partial charge in [0.25, 0.3) is 5.91 Å². The van der Waals surface area contributed by atoms with Gasteiger partial charge in [-0.25, -0.2) is 0 Å². The molecule has 5 heteroatoms. The highest BCUT2D eigenvalue weighted by molar-refractivity contribution is 6.30. The molecule has 26 heavy (non-hydrogen) atoms. The number of nitrogens with zero attached hydrogens (tertiary/aromatic N) is 2. The summed E-state index contributed by atoms with van der Waals surface area (Å²) < 4.78 is 0. The molecule has 0 atom stereocenters. The zero-order valence-electron chi connectivity index (χ0n) is 13.7. The molecule has 2 aromatic carbocycles. The van der Waals surface area contributed by atoms with E-state index in [0.29, 0.717) is 27.5 Å². The van der Waals surface area contributed by atoms with Crippen LogP contribution in [-0.4, -0.2) is 10.9 Å². The Kier molecular flexibility index (Phi) is 5.43. The van der Waals surface area contributed by atoms with Crippen LogP contribution in [0.4, 0.5) is 5.69 Å². The molecule has 1 heterocycles. The summed E-state index contributed by atoms with van der Waals surface area (Å²) in [6.07, 6.45) is 3.38. The Labute approximate surface area is 156 Å². The molecule has 0 saturated carbocycles. The third kappa shape index (κ3) is 4.35. The van der Waals surface area contributed by atoms with E-state index in [0.717, 1.165) is 5.56 Å². The van der Waals surface area contributed by atoms with Crippen LogP contribution in [-0.2, 0) is 0 Å². The highest BCUT2D eigenvalue weighted by Gasteiger charge is 2.07. The lowest BCUT2D eigenvalue weighted by atomic mass is 10.1. The number of nitrogens with one attached hydrogen (secondary N) is 1. The molecule has 4 nitrogen and oxygen atoms in total. The third-order valence-corrected chi connectivity index (χ3v) is 3.88. The Morgan fingerprint density at radius 1 is 1.08 bits per heavy atom. The number of benzene rings is 2. The first-order chi connectivity index (χ1) is 12.7. The van der Waals surface area contributed by atoms with Crippen molar-refractivity contribution in [1.29, 1.82) is 5.26 Å². The number of anilines is 1. The topological polar surface area (TPSA) is 65.8 Å². The van der Waals surface area contributed by atoms with Gasteiger partial charge in [-0.1, -0.05) is 29.8 Å². The Bertz CT molecular complexity index is 990. The lowest BCUT2D eigenvalue weighted by Crippen LogP contribution is -2.11. The first-order valence-electron chi connectivity index (χ1n) is 7.86. The minimum Gasteiger partial charge on any atom is -0.322 e. The summed E-state index contributed by atoms with van der Waals surface area (Å²) in [4.78, 5) is 16.5. The number of nitriles is 1. The summed E-state index contributed by atoms with van der Waals surface area (Å²) in [5.41, 5.74) is 3.00. The van der Waals surface area contributed by atoms with Crippen molar-refractivity contribution in [2.24, 2.45) is 0 Å². The molecule has 0 radical (unpaired) electrons. The maximum Gasteiger partial charge on any atom is 0.255 e. The molecule has 0 spiro atoms. The van der Waals surface area contributed by atoms with Crippen molar-refractivity contribution in [2.45, 2.75) is 0 Å². The van der Waals surface area contributed by atoms with Gasteiger partial charge >= 0.3 is 0 Å². The van der Waals surface area contributed by atoms with Crippen molar-refractivity contribution in [3.63, 3.8) is 0 Å². The minimum absolute atomic E-state index is 0.229. The van der Waals surface area contributed by atoms with E-state index in [1.807, 2.05) is 18.2 Å². The summed E-state index contributed by atoms with van der Waals surface area (Å²) >= 11 is 5.84. The van der Waals surface area contributed by atoms with Crippen molar-refractivity contribution >= 4 is 34.8 Å². The molecule has 0 fully saturated rings. The fourth-order valence-corrected chi connectivity index (χ4v) is 2.49. The zero-order chi connectivity index (χ0) is 18.4. The van der Waals surface area contributed by atoms with Crippen molar-refractivity contribution in [3.05, 3.63) is 94.8 Å². The van der Waals surface area contributed by atoms with Crippen molar-refractivity contribution < 1.29 is 4.79 Å². The van der Waals surface area contributed by atoms with Gasteiger partial charge in [-0.05, 0) is 60.2 Å². The summed E-state index contributed by atoms with van der Waals surface area (Å²) in [6, 6.07) is 21.5. The first-order valence-corrected chi connectivity index (χ1v) is 8.24. The Morgan fingerprint density at radius 3 is 2.58 bits per heavy atom. The predicted octanol–water partition coefficient (Wildman–Crippen LogP) is 5.05. The van der Waals surface area contributed by atoms with E-state index < -0.39 is 0 Å². The molecule has 0 aliphatic heterocycles. The lowest BCUT2D eigenvalue weighted by molar-refractivity contribution is 0.102. The molecule has 0 bridgehead atoms. The molecule has 3 rings (SSSR count). The lowest BCUT2D eigenvalue weighted by Gasteiger charge is -2.07. The van der Waals surface area contributed by atoms with Crippen LogP contribution in [0.1, 0.15) is 21.6 Å². The second-order valence-corrected chi connectivity index (χ2v) is 5.91. The van der Waals surface area contributed by atoms with Gasteiger partial charge in [0.2, 0.25) is 0 Å². The van der Waals surface area contributed by atoms with E-state index in [1.165, 1.54) is 0 Å². The number of amides is 1. The van der Waals surface area contributed by atoms with E-state index in [4.69, 9.17) is 11.6 Å². The maximum absolute atomic E-state index is 12.3. The van der Waals surface area contributed by atoms with E-state index in [9.17, 15) is 10.1 Å². The largest absolute Gasteiger partial charge is 0.322 e. The van der Waals surface area contributed by atoms with E-state index in [2.05, 4.69) is 16.4 Å². The number of hydrogen-bond acceptors (Lipinski definition) is 3. The van der Waals surface area contributed by atoms with Crippen LogP contribution < -0.4 is 5.32 Å². The number of allylic oxidation sites excluding steroid dienone is 1. The van der Waals surface area contributed by atoms with E-state index >= 15 is 0 Å². The minimum atomic E-state index is -0.229. The monoisotopic (exact) mass is 359 g/mol. The predicted molar refractivity (Wildman–Crippen MR) is 104 cm³/mol. The van der Waals surface area contributed by atoms with Gasteiger partial charge in [0, 0.05) is 22.5 Å².